The molecule has 0 bridgehead atoms. The summed E-state index contributed by atoms with van der Waals surface area (Å²) in [5.74, 6) is 0.876. The van der Waals surface area contributed by atoms with E-state index in [0.717, 1.165) is 29.3 Å². The van der Waals surface area contributed by atoms with E-state index in [0.29, 0.717) is 6.61 Å². The Morgan fingerprint density at radius 2 is 2.00 bits per heavy atom. The maximum Gasteiger partial charge on any atom is 0.127 e. The zero-order chi connectivity index (χ0) is 13.5. The Bertz CT molecular complexity index is 481. The van der Waals surface area contributed by atoms with Crippen LogP contribution in [0, 0.1) is 0 Å². The second kappa shape index (κ2) is 6.75. The van der Waals surface area contributed by atoms with Crippen molar-refractivity contribution in [2.45, 2.75) is 13.5 Å². The van der Waals surface area contributed by atoms with Crippen molar-refractivity contribution < 1.29 is 4.74 Å². The average molecular weight is 257 g/mol. The summed E-state index contributed by atoms with van der Waals surface area (Å²) in [6, 6.07) is 12.1. The van der Waals surface area contributed by atoms with E-state index in [-0.39, 0.29) is 0 Å². The van der Waals surface area contributed by atoms with Crippen LogP contribution in [0.3, 0.4) is 0 Å². The molecule has 1 heterocycles. The predicted molar refractivity (Wildman–Crippen MR) is 78.8 cm³/mol. The van der Waals surface area contributed by atoms with Gasteiger partial charge in [0.25, 0.3) is 0 Å². The maximum atomic E-state index is 5.14. The monoisotopic (exact) mass is 257 g/mol. The van der Waals surface area contributed by atoms with Crippen molar-refractivity contribution in [3.8, 4) is 0 Å². The summed E-state index contributed by atoms with van der Waals surface area (Å²) in [5, 5.41) is 6.56. The van der Waals surface area contributed by atoms with Gasteiger partial charge in [-0.05, 0) is 30.7 Å². The number of pyridine rings is 1. The lowest BCUT2D eigenvalue weighted by Crippen LogP contribution is -2.00. The van der Waals surface area contributed by atoms with E-state index in [1.807, 2.05) is 30.3 Å². The first-order valence-electron chi connectivity index (χ1n) is 6.36. The number of ether oxygens (including phenoxy) is 1. The molecule has 2 rings (SSSR count). The average Bonchev–Trinajstić information content (AvgIpc) is 2.40. The first kappa shape index (κ1) is 13.4. The molecule has 0 unspecified atom stereocenters. The van der Waals surface area contributed by atoms with Gasteiger partial charge in [0.2, 0.25) is 0 Å². The van der Waals surface area contributed by atoms with Gasteiger partial charge in [0.05, 0.1) is 6.61 Å². The summed E-state index contributed by atoms with van der Waals surface area (Å²) in [5.41, 5.74) is 3.21. The minimum Gasteiger partial charge on any atom is -0.380 e. The number of anilines is 3. The van der Waals surface area contributed by atoms with E-state index in [2.05, 4.69) is 28.6 Å². The molecule has 0 saturated heterocycles. The van der Waals surface area contributed by atoms with Crippen LogP contribution in [0.4, 0.5) is 17.2 Å². The van der Waals surface area contributed by atoms with Crippen molar-refractivity contribution in [2.24, 2.45) is 0 Å². The molecule has 19 heavy (non-hydrogen) atoms. The van der Waals surface area contributed by atoms with Crippen LogP contribution in [-0.2, 0) is 11.3 Å². The normalized spacial score (nSPS) is 10.2. The van der Waals surface area contributed by atoms with Crippen LogP contribution in [0.5, 0.6) is 0 Å². The molecule has 2 aromatic rings. The number of hydrogen-bond donors (Lipinski definition) is 2. The van der Waals surface area contributed by atoms with Gasteiger partial charge in [-0.2, -0.15) is 0 Å². The highest BCUT2D eigenvalue weighted by Gasteiger charge is 1.99. The van der Waals surface area contributed by atoms with E-state index in [1.54, 1.807) is 13.3 Å². The molecule has 100 valence electrons. The topological polar surface area (TPSA) is 46.2 Å². The summed E-state index contributed by atoms with van der Waals surface area (Å²) < 4.78 is 5.14. The molecule has 0 fully saturated rings. The van der Waals surface area contributed by atoms with Crippen molar-refractivity contribution >= 4 is 17.2 Å². The number of rotatable bonds is 6. The number of nitrogens with one attached hydrogen (secondary N) is 2. The summed E-state index contributed by atoms with van der Waals surface area (Å²) in [4.78, 5) is 4.25. The summed E-state index contributed by atoms with van der Waals surface area (Å²) >= 11 is 0. The summed E-state index contributed by atoms with van der Waals surface area (Å²) in [6.07, 6.45) is 1.79. The largest absolute Gasteiger partial charge is 0.380 e. The Kier molecular flexibility index (Phi) is 4.75. The molecule has 0 amide bonds. The van der Waals surface area contributed by atoms with Crippen LogP contribution < -0.4 is 10.6 Å². The Hall–Kier alpha value is -2.07. The molecule has 0 aliphatic heterocycles. The van der Waals surface area contributed by atoms with E-state index in [1.165, 1.54) is 0 Å². The maximum absolute atomic E-state index is 5.14. The molecule has 4 heteroatoms. The number of benzene rings is 1. The van der Waals surface area contributed by atoms with E-state index < -0.39 is 0 Å². The zero-order valence-corrected chi connectivity index (χ0v) is 11.3. The lowest BCUT2D eigenvalue weighted by Gasteiger charge is -2.09. The van der Waals surface area contributed by atoms with Gasteiger partial charge in [-0.15, -0.1) is 0 Å². The lowest BCUT2D eigenvalue weighted by atomic mass is 10.2. The van der Waals surface area contributed by atoms with Crippen LogP contribution in [0.25, 0.3) is 0 Å². The SMILES string of the molecule is CCNc1cc(Nc2cccc(COC)c2)ccn1. The van der Waals surface area contributed by atoms with E-state index in [4.69, 9.17) is 4.74 Å². The zero-order valence-electron chi connectivity index (χ0n) is 11.3. The van der Waals surface area contributed by atoms with Crippen molar-refractivity contribution in [3.63, 3.8) is 0 Å². The van der Waals surface area contributed by atoms with Crippen molar-refractivity contribution in [3.05, 3.63) is 48.2 Å². The van der Waals surface area contributed by atoms with Gasteiger partial charge in [-0.3, -0.25) is 0 Å². The molecule has 2 N–H and O–H groups in total. The van der Waals surface area contributed by atoms with Crippen LogP contribution >= 0.6 is 0 Å². The molecule has 4 nitrogen and oxygen atoms in total. The lowest BCUT2D eigenvalue weighted by molar-refractivity contribution is 0.185. The minimum atomic E-state index is 0.620. The Morgan fingerprint density at radius 1 is 1.16 bits per heavy atom. The molecule has 0 aliphatic rings. The second-order valence-electron chi connectivity index (χ2n) is 4.22. The highest BCUT2D eigenvalue weighted by molar-refractivity contribution is 5.62. The first-order valence-corrected chi connectivity index (χ1v) is 6.36. The first-order chi connectivity index (χ1) is 9.31. The van der Waals surface area contributed by atoms with Crippen LogP contribution in [0.15, 0.2) is 42.6 Å². The minimum absolute atomic E-state index is 0.620. The van der Waals surface area contributed by atoms with Crippen LogP contribution in [0.2, 0.25) is 0 Å². The van der Waals surface area contributed by atoms with Crippen LogP contribution in [0.1, 0.15) is 12.5 Å². The number of nitrogens with zero attached hydrogens (tertiary/aromatic N) is 1. The fourth-order valence-electron chi connectivity index (χ4n) is 1.86. The molecular weight excluding hydrogens is 238 g/mol. The smallest absolute Gasteiger partial charge is 0.127 e. The van der Waals surface area contributed by atoms with Crippen LogP contribution in [-0.4, -0.2) is 18.6 Å². The quantitative estimate of drug-likeness (QED) is 0.832. The third kappa shape index (κ3) is 3.96. The van der Waals surface area contributed by atoms with Crippen molar-refractivity contribution in [1.29, 1.82) is 0 Å². The molecule has 0 atom stereocenters. The molecule has 1 aromatic heterocycles. The fourth-order valence-corrected chi connectivity index (χ4v) is 1.86. The third-order valence-electron chi connectivity index (χ3n) is 2.64. The predicted octanol–water partition coefficient (Wildman–Crippen LogP) is 3.40. The molecule has 0 radical (unpaired) electrons. The Labute approximate surface area is 113 Å². The number of aromatic nitrogens is 1. The van der Waals surface area contributed by atoms with Crippen molar-refractivity contribution in [2.75, 3.05) is 24.3 Å². The van der Waals surface area contributed by atoms with Gasteiger partial charge in [-0.1, -0.05) is 12.1 Å². The van der Waals surface area contributed by atoms with E-state index in [9.17, 15) is 0 Å². The molecule has 0 saturated carbocycles. The Morgan fingerprint density at radius 3 is 2.79 bits per heavy atom. The summed E-state index contributed by atoms with van der Waals surface area (Å²) in [7, 11) is 1.70. The van der Waals surface area contributed by atoms with Gasteiger partial charge in [0, 0.05) is 37.3 Å². The summed E-state index contributed by atoms with van der Waals surface area (Å²) in [6.45, 7) is 3.53. The highest BCUT2D eigenvalue weighted by atomic mass is 16.5. The van der Waals surface area contributed by atoms with Gasteiger partial charge < -0.3 is 15.4 Å². The van der Waals surface area contributed by atoms with Gasteiger partial charge in [0.15, 0.2) is 0 Å². The number of hydrogen-bond acceptors (Lipinski definition) is 4. The third-order valence-corrected chi connectivity index (χ3v) is 2.64. The molecule has 0 spiro atoms. The van der Waals surface area contributed by atoms with E-state index >= 15 is 0 Å². The van der Waals surface area contributed by atoms with Gasteiger partial charge in [0.1, 0.15) is 5.82 Å². The Balaban J connectivity index is 2.11. The van der Waals surface area contributed by atoms with Crippen molar-refractivity contribution in [1.82, 2.24) is 4.98 Å². The molecule has 0 aliphatic carbocycles. The fraction of sp³-hybridized carbons (Fsp3) is 0.267. The molecule has 1 aromatic carbocycles. The second-order valence-corrected chi connectivity index (χ2v) is 4.22. The molecular formula is C15H19N3O. The standard InChI is InChI=1S/C15H19N3O/c1-3-16-15-10-14(7-8-17-15)18-13-6-4-5-12(9-13)11-19-2/h4-10H,3,11H2,1-2H3,(H2,16,17,18). The van der Waals surface area contributed by atoms with Gasteiger partial charge in [-0.25, -0.2) is 4.98 Å². The number of methoxy groups -OCH3 is 1. The van der Waals surface area contributed by atoms with Gasteiger partial charge >= 0.3 is 0 Å². The highest BCUT2D eigenvalue weighted by Crippen LogP contribution is 2.19.